The Morgan fingerprint density at radius 3 is 2.70 bits per heavy atom. The van der Waals surface area contributed by atoms with Crippen LogP contribution in [0.1, 0.15) is 21.7 Å². The molecule has 5 rings (SSSR count). The van der Waals surface area contributed by atoms with Gasteiger partial charge in [0.2, 0.25) is 5.88 Å². The van der Waals surface area contributed by atoms with Crippen molar-refractivity contribution < 1.29 is 4.74 Å². The number of allylic oxidation sites excluding steroid dienone is 1. The molecule has 0 spiro atoms. The van der Waals surface area contributed by atoms with Gasteiger partial charge in [0.1, 0.15) is 28.0 Å². The number of benzene rings is 2. The maximum absolute atomic E-state index is 13.4. The fourth-order valence-electron chi connectivity index (χ4n) is 3.50. The van der Waals surface area contributed by atoms with E-state index in [0.29, 0.717) is 16.4 Å². The Morgan fingerprint density at radius 1 is 1.06 bits per heavy atom. The van der Waals surface area contributed by atoms with E-state index in [1.165, 1.54) is 21.8 Å². The maximum atomic E-state index is 13.4. The van der Waals surface area contributed by atoms with Crippen molar-refractivity contribution in [2.75, 3.05) is 0 Å². The Labute approximate surface area is 193 Å². The third-order valence-corrected chi connectivity index (χ3v) is 6.50. The quantitative estimate of drug-likeness (QED) is 0.324. The van der Waals surface area contributed by atoms with Gasteiger partial charge in [-0.3, -0.25) is 9.20 Å². The summed E-state index contributed by atoms with van der Waals surface area (Å²) in [5, 5.41) is 10.4. The second-order valence-electron chi connectivity index (χ2n) is 7.52. The summed E-state index contributed by atoms with van der Waals surface area (Å²) in [5.74, 6) is 0.754. The highest BCUT2D eigenvalue weighted by molar-refractivity contribution is 7.19. The van der Waals surface area contributed by atoms with E-state index >= 15 is 0 Å². The highest BCUT2D eigenvalue weighted by Gasteiger charge is 2.17. The van der Waals surface area contributed by atoms with Crippen LogP contribution in [0.2, 0.25) is 0 Å². The molecular weight excluding hydrogens is 432 g/mol. The molecule has 0 amide bonds. The minimum Gasteiger partial charge on any atom is -0.438 e. The second-order valence-corrected chi connectivity index (χ2v) is 8.55. The van der Waals surface area contributed by atoms with Gasteiger partial charge in [0.15, 0.2) is 0 Å². The first-order chi connectivity index (χ1) is 16.0. The van der Waals surface area contributed by atoms with Crippen molar-refractivity contribution in [3.05, 3.63) is 98.9 Å². The second kappa shape index (κ2) is 8.34. The van der Waals surface area contributed by atoms with Gasteiger partial charge in [0.05, 0.1) is 15.8 Å². The van der Waals surface area contributed by atoms with E-state index in [0.717, 1.165) is 21.3 Å². The van der Waals surface area contributed by atoms with Gasteiger partial charge in [-0.05, 0) is 61.4 Å². The van der Waals surface area contributed by atoms with Crippen LogP contribution in [-0.4, -0.2) is 14.4 Å². The number of pyridine rings is 1. The van der Waals surface area contributed by atoms with Gasteiger partial charge in [-0.2, -0.15) is 10.2 Å². The topological polar surface area (TPSA) is 80.3 Å². The molecule has 3 aromatic heterocycles. The van der Waals surface area contributed by atoms with Gasteiger partial charge in [0.25, 0.3) is 5.56 Å². The lowest BCUT2D eigenvalue weighted by Gasteiger charge is -2.13. The summed E-state index contributed by atoms with van der Waals surface area (Å²) < 4.78 is 8.56. The number of para-hydroxylation sites is 1. The molecule has 0 aliphatic heterocycles. The summed E-state index contributed by atoms with van der Waals surface area (Å²) >= 11 is 1.40. The van der Waals surface area contributed by atoms with E-state index in [2.05, 4.69) is 16.0 Å². The number of rotatable bonds is 4. The van der Waals surface area contributed by atoms with Crippen LogP contribution in [-0.2, 0) is 0 Å². The summed E-state index contributed by atoms with van der Waals surface area (Å²) in [6.07, 6.45) is 3.17. The summed E-state index contributed by atoms with van der Waals surface area (Å²) in [6.45, 7) is 3.95. The molecule has 3 heterocycles. The largest absolute Gasteiger partial charge is 0.438 e. The van der Waals surface area contributed by atoms with Gasteiger partial charge in [-0.1, -0.05) is 30.3 Å². The Balaban J connectivity index is 1.72. The van der Waals surface area contributed by atoms with Crippen molar-refractivity contribution in [3.63, 3.8) is 0 Å². The molecule has 0 N–H and O–H groups in total. The molecule has 33 heavy (non-hydrogen) atoms. The maximum Gasteiger partial charge on any atom is 0.269 e. The van der Waals surface area contributed by atoms with Crippen molar-refractivity contribution in [2.45, 2.75) is 13.8 Å². The molecular formula is C26H18N4O2S. The summed E-state index contributed by atoms with van der Waals surface area (Å²) in [7, 11) is 0. The lowest BCUT2D eigenvalue weighted by atomic mass is 10.1. The third kappa shape index (κ3) is 3.77. The summed E-state index contributed by atoms with van der Waals surface area (Å²) in [4.78, 5) is 22.6. The molecule has 0 aliphatic carbocycles. The van der Waals surface area contributed by atoms with Crippen LogP contribution < -0.4 is 10.3 Å². The van der Waals surface area contributed by atoms with E-state index in [4.69, 9.17) is 4.74 Å². The van der Waals surface area contributed by atoms with Crippen molar-refractivity contribution in [1.29, 1.82) is 5.26 Å². The zero-order chi connectivity index (χ0) is 22.9. The van der Waals surface area contributed by atoms with Crippen LogP contribution in [0.3, 0.4) is 0 Å². The number of nitriles is 1. The average molecular weight is 451 g/mol. The Morgan fingerprint density at radius 2 is 1.88 bits per heavy atom. The molecule has 5 aromatic rings. The molecule has 160 valence electrons. The number of aryl methyl sites for hydroxylation is 1. The van der Waals surface area contributed by atoms with E-state index in [-0.39, 0.29) is 22.6 Å². The van der Waals surface area contributed by atoms with E-state index < -0.39 is 0 Å². The SMILES string of the molecule is Cc1cccc(Oc2nc3ccccn3c(=O)c2C=C(C#N)c2nc3ccccc3s2)c1C. The number of aromatic nitrogens is 3. The third-order valence-electron chi connectivity index (χ3n) is 5.43. The molecule has 0 aliphatic rings. The van der Waals surface area contributed by atoms with Crippen LogP contribution in [0, 0.1) is 25.2 Å². The van der Waals surface area contributed by atoms with Crippen LogP contribution in [0.15, 0.2) is 71.7 Å². The normalized spacial score (nSPS) is 11.6. The predicted octanol–water partition coefficient (Wildman–Crippen LogP) is 5.78. The molecule has 0 fully saturated rings. The zero-order valence-corrected chi connectivity index (χ0v) is 18.8. The van der Waals surface area contributed by atoms with Gasteiger partial charge < -0.3 is 4.74 Å². The molecule has 7 heteroatoms. The average Bonchev–Trinajstić information content (AvgIpc) is 3.26. The number of hydrogen-bond donors (Lipinski definition) is 0. The fourth-order valence-corrected chi connectivity index (χ4v) is 4.43. The van der Waals surface area contributed by atoms with E-state index in [1.54, 1.807) is 24.4 Å². The predicted molar refractivity (Wildman–Crippen MR) is 131 cm³/mol. The summed E-state index contributed by atoms with van der Waals surface area (Å²) in [6, 6.07) is 20.9. The monoisotopic (exact) mass is 450 g/mol. The zero-order valence-electron chi connectivity index (χ0n) is 17.9. The van der Waals surface area contributed by atoms with Crippen molar-refractivity contribution in [1.82, 2.24) is 14.4 Å². The van der Waals surface area contributed by atoms with Gasteiger partial charge in [-0.15, -0.1) is 11.3 Å². The number of fused-ring (bicyclic) bond motifs is 2. The van der Waals surface area contributed by atoms with Crippen LogP contribution >= 0.6 is 11.3 Å². The highest BCUT2D eigenvalue weighted by Crippen LogP contribution is 2.31. The number of ether oxygens (including phenoxy) is 1. The molecule has 2 aromatic carbocycles. The van der Waals surface area contributed by atoms with Crippen LogP contribution in [0.4, 0.5) is 0 Å². The minimum absolute atomic E-state index is 0.147. The minimum atomic E-state index is -0.324. The van der Waals surface area contributed by atoms with Crippen molar-refractivity contribution in [3.8, 4) is 17.7 Å². The number of thiazole rings is 1. The molecule has 6 nitrogen and oxygen atoms in total. The van der Waals surface area contributed by atoms with Gasteiger partial charge in [-0.25, -0.2) is 4.98 Å². The fraction of sp³-hybridized carbons (Fsp3) is 0.0769. The lowest BCUT2D eigenvalue weighted by molar-refractivity contribution is 0.457. The van der Waals surface area contributed by atoms with Gasteiger partial charge >= 0.3 is 0 Å². The molecule has 0 atom stereocenters. The van der Waals surface area contributed by atoms with Crippen molar-refractivity contribution >= 4 is 38.8 Å². The number of hydrogen-bond acceptors (Lipinski definition) is 6. The summed E-state index contributed by atoms with van der Waals surface area (Å²) in [5.41, 5.74) is 3.42. The van der Waals surface area contributed by atoms with Crippen molar-refractivity contribution in [2.24, 2.45) is 0 Å². The smallest absolute Gasteiger partial charge is 0.269 e. The van der Waals surface area contributed by atoms with Crippen LogP contribution in [0.25, 0.3) is 27.5 Å². The molecule has 0 bridgehead atoms. The Hall–Kier alpha value is -4.28. The van der Waals surface area contributed by atoms with Crippen LogP contribution in [0.5, 0.6) is 11.6 Å². The first-order valence-corrected chi connectivity index (χ1v) is 11.1. The highest BCUT2D eigenvalue weighted by atomic mass is 32.1. The standard InChI is InChI=1S/C26H18N4O2S/c1-16-8-7-10-21(17(16)2)32-24-19(26(31)30-13-6-5-12-23(30)29-24)14-18(15-27)25-28-20-9-3-4-11-22(20)33-25/h3-14H,1-2H3. The van der Waals surface area contributed by atoms with E-state index in [9.17, 15) is 10.1 Å². The Kier molecular flexibility index (Phi) is 5.21. The van der Waals surface area contributed by atoms with E-state index in [1.807, 2.05) is 56.3 Å². The molecule has 0 radical (unpaired) electrons. The first-order valence-electron chi connectivity index (χ1n) is 10.3. The van der Waals surface area contributed by atoms with Gasteiger partial charge in [0, 0.05) is 6.20 Å². The molecule has 0 saturated heterocycles. The Bertz CT molecular complexity index is 1620. The number of nitrogens with zero attached hydrogens (tertiary/aromatic N) is 4. The first kappa shape index (κ1) is 20.6. The molecule has 0 unspecified atom stereocenters. The lowest BCUT2D eigenvalue weighted by Crippen LogP contribution is -2.18. The molecule has 0 saturated carbocycles.